The highest BCUT2D eigenvalue weighted by Crippen LogP contribution is 2.24. The molecule has 1 fully saturated rings. The summed E-state index contributed by atoms with van der Waals surface area (Å²) in [6.07, 6.45) is 0.926. The fourth-order valence-corrected chi connectivity index (χ4v) is 2.53. The van der Waals surface area contributed by atoms with Crippen LogP contribution in [0.5, 0.6) is 0 Å². The minimum absolute atomic E-state index is 0.00686. The Bertz CT molecular complexity index is 677. The number of aromatic amines is 1. The van der Waals surface area contributed by atoms with E-state index in [9.17, 15) is 9.59 Å². The summed E-state index contributed by atoms with van der Waals surface area (Å²) in [5, 5.41) is 3.98. The zero-order valence-corrected chi connectivity index (χ0v) is 11.0. The Morgan fingerprint density at radius 1 is 1.32 bits per heavy atom. The van der Waals surface area contributed by atoms with Crippen LogP contribution in [0.3, 0.4) is 0 Å². The molecule has 0 atom stereocenters. The van der Waals surface area contributed by atoms with Crippen molar-refractivity contribution in [2.75, 3.05) is 0 Å². The van der Waals surface area contributed by atoms with E-state index in [1.165, 1.54) is 5.56 Å². The van der Waals surface area contributed by atoms with E-state index in [1.807, 2.05) is 32.0 Å². The number of benzene rings is 1. The molecule has 1 aromatic carbocycles. The maximum absolute atomic E-state index is 12.2. The predicted molar refractivity (Wildman–Crippen MR) is 73.3 cm³/mol. The van der Waals surface area contributed by atoms with Gasteiger partial charge in [0, 0.05) is 30.0 Å². The van der Waals surface area contributed by atoms with E-state index in [0.717, 1.165) is 16.6 Å². The summed E-state index contributed by atoms with van der Waals surface area (Å²) < 4.78 is 0. The van der Waals surface area contributed by atoms with E-state index in [2.05, 4.69) is 10.3 Å². The van der Waals surface area contributed by atoms with Crippen molar-refractivity contribution in [2.45, 2.75) is 32.7 Å². The molecule has 0 bridgehead atoms. The van der Waals surface area contributed by atoms with E-state index in [4.69, 9.17) is 0 Å². The molecular weight excluding hydrogens is 240 g/mol. The number of Topliss-reactive ketones (excluding diaryl/α,β-unsaturated/α-hetero) is 1. The van der Waals surface area contributed by atoms with Gasteiger partial charge in [-0.05, 0) is 25.5 Å². The van der Waals surface area contributed by atoms with Gasteiger partial charge >= 0.3 is 0 Å². The molecule has 1 saturated carbocycles. The molecule has 1 aliphatic rings. The van der Waals surface area contributed by atoms with Crippen LogP contribution in [0.4, 0.5) is 0 Å². The zero-order chi connectivity index (χ0) is 13.6. The maximum atomic E-state index is 12.2. The molecule has 1 amide bonds. The van der Waals surface area contributed by atoms with Gasteiger partial charge in [-0.1, -0.05) is 12.1 Å². The van der Waals surface area contributed by atoms with Crippen LogP contribution in [0.15, 0.2) is 18.2 Å². The van der Waals surface area contributed by atoms with Crippen molar-refractivity contribution in [1.82, 2.24) is 10.3 Å². The maximum Gasteiger partial charge on any atom is 0.253 e. The smallest absolute Gasteiger partial charge is 0.253 e. The molecule has 4 nitrogen and oxygen atoms in total. The molecule has 0 radical (unpaired) electrons. The molecular formula is C15H16N2O2. The summed E-state index contributed by atoms with van der Waals surface area (Å²) in [5.74, 6) is 0.111. The summed E-state index contributed by atoms with van der Waals surface area (Å²) >= 11 is 0. The highest BCUT2D eigenvalue weighted by atomic mass is 16.2. The molecule has 2 aromatic rings. The van der Waals surface area contributed by atoms with Crippen LogP contribution in [0.2, 0.25) is 0 Å². The Morgan fingerprint density at radius 2 is 2.05 bits per heavy atom. The van der Waals surface area contributed by atoms with Crippen LogP contribution in [0.1, 0.15) is 34.5 Å². The molecule has 4 heteroatoms. The third kappa shape index (κ3) is 1.93. The van der Waals surface area contributed by atoms with Crippen molar-refractivity contribution >= 4 is 22.6 Å². The molecule has 19 heavy (non-hydrogen) atoms. The van der Waals surface area contributed by atoms with E-state index >= 15 is 0 Å². The van der Waals surface area contributed by atoms with Crippen molar-refractivity contribution in [3.63, 3.8) is 0 Å². The van der Waals surface area contributed by atoms with Crippen LogP contribution in [-0.4, -0.2) is 22.7 Å². The second kappa shape index (κ2) is 4.23. The molecule has 1 aromatic heterocycles. The van der Waals surface area contributed by atoms with E-state index in [-0.39, 0.29) is 17.7 Å². The third-order valence-electron chi connectivity index (χ3n) is 3.87. The minimum atomic E-state index is -0.107. The molecule has 3 rings (SSSR count). The normalized spacial score (nSPS) is 15.6. The Hall–Kier alpha value is -2.10. The number of amides is 1. The summed E-state index contributed by atoms with van der Waals surface area (Å²) in [5.41, 5.74) is 3.77. The first-order valence-electron chi connectivity index (χ1n) is 6.46. The van der Waals surface area contributed by atoms with E-state index in [1.54, 1.807) is 0 Å². The minimum Gasteiger partial charge on any atom is -0.358 e. The molecule has 0 unspecified atom stereocenters. The molecule has 1 heterocycles. The summed E-state index contributed by atoms with van der Waals surface area (Å²) in [6, 6.07) is 5.72. The summed E-state index contributed by atoms with van der Waals surface area (Å²) in [7, 11) is 0. The lowest BCUT2D eigenvalue weighted by Gasteiger charge is -2.25. The molecule has 0 saturated heterocycles. The lowest BCUT2D eigenvalue weighted by molar-refractivity contribution is -0.124. The number of ketones is 1. The number of fused-ring (bicyclic) bond motifs is 1. The fraction of sp³-hybridized carbons (Fsp3) is 0.333. The number of aromatic nitrogens is 1. The van der Waals surface area contributed by atoms with Gasteiger partial charge in [0.25, 0.3) is 5.91 Å². The van der Waals surface area contributed by atoms with Crippen LogP contribution in [0.25, 0.3) is 10.9 Å². The number of hydrogen-bond acceptors (Lipinski definition) is 2. The molecule has 0 spiro atoms. The van der Waals surface area contributed by atoms with Gasteiger partial charge in [-0.15, -0.1) is 0 Å². The number of rotatable bonds is 2. The van der Waals surface area contributed by atoms with Crippen molar-refractivity contribution in [3.05, 3.63) is 35.0 Å². The number of nitrogens with one attached hydrogen (secondary N) is 2. The van der Waals surface area contributed by atoms with Crippen molar-refractivity contribution < 1.29 is 9.59 Å². The van der Waals surface area contributed by atoms with Gasteiger partial charge in [-0.25, -0.2) is 0 Å². The number of aryl methyl sites for hydroxylation is 2. The SMILES string of the molecule is Cc1[nH]c2c(C(=O)NC3CC(=O)C3)cccc2c1C. The van der Waals surface area contributed by atoms with Gasteiger partial charge in [0.2, 0.25) is 0 Å². The monoisotopic (exact) mass is 256 g/mol. The van der Waals surface area contributed by atoms with Crippen LogP contribution in [0, 0.1) is 13.8 Å². The van der Waals surface area contributed by atoms with Crippen LogP contribution in [-0.2, 0) is 4.79 Å². The van der Waals surface area contributed by atoms with Gasteiger partial charge in [0.1, 0.15) is 5.78 Å². The number of carbonyl (C=O) groups is 2. The zero-order valence-electron chi connectivity index (χ0n) is 11.0. The summed E-state index contributed by atoms with van der Waals surface area (Å²) in [6.45, 7) is 4.04. The first-order chi connectivity index (χ1) is 9.06. The van der Waals surface area contributed by atoms with Crippen LogP contribution < -0.4 is 5.32 Å². The first kappa shape index (κ1) is 12.0. The Balaban J connectivity index is 1.93. The number of H-pyrrole nitrogens is 1. The van der Waals surface area contributed by atoms with Crippen molar-refractivity contribution in [3.8, 4) is 0 Å². The van der Waals surface area contributed by atoms with E-state index in [0.29, 0.717) is 18.4 Å². The molecule has 98 valence electrons. The first-order valence-corrected chi connectivity index (χ1v) is 6.46. The van der Waals surface area contributed by atoms with Crippen molar-refractivity contribution in [2.24, 2.45) is 0 Å². The predicted octanol–water partition coefficient (Wildman–Crippen LogP) is 2.25. The average molecular weight is 256 g/mol. The van der Waals surface area contributed by atoms with Crippen LogP contribution >= 0.6 is 0 Å². The van der Waals surface area contributed by atoms with Gasteiger partial charge in [-0.2, -0.15) is 0 Å². The number of carbonyl (C=O) groups excluding carboxylic acids is 2. The van der Waals surface area contributed by atoms with E-state index < -0.39 is 0 Å². The fourth-order valence-electron chi connectivity index (χ4n) is 2.53. The number of hydrogen-bond donors (Lipinski definition) is 2. The highest BCUT2D eigenvalue weighted by Gasteiger charge is 2.28. The summed E-state index contributed by atoms with van der Waals surface area (Å²) in [4.78, 5) is 26.4. The largest absolute Gasteiger partial charge is 0.358 e. The Morgan fingerprint density at radius 3 is 2.74 bits per heavy atom. The molecule has 2 N–H and O–H groups in total. The van der Waals surface area contributed by atoms with Gasteiger partial charge < -0.3 is 10.3 Å². The second-order valence-electron chi connectivity index (χ2n) is 5.22. The Labute approximate surface area is 111 Å². The standard InChI is InChI=1S/C15H16N2O2/c1-8-9(2)16-14-12(8)4-3-5-13(14)15(19)17-10-6-11(18)7-10/h3-5,10,16H,6-7H2,1-2H3,(H,17,19). The van der Waals surface area contributed by atoms with Crippen molar-refractivity contribution in [1.29, 1.82) is 0 Å². The highest BCUT2D eigenvalue weighted by molar-refractivity contribution is 6.07. The average Bonchev–Trinajstić information content (AvgIpc) is 2.63. The number of para-hydroxylation sites is 1. The van der Waals surface area contributed by atoms with Gasteiger partial charge in [0.05, 0.1) is 11.1 Å². The van der Waals surface area contributed by atoms with Gasteiger partial charge in [-0.3, -0.25) is 9.59 Å². The molecule has 1 aliphatic carbocycles. The third-order valence-corrected chi connectivity index (χ3v) is 3.87. The molecule has 0 aliphatic heterocycles. The van der Waals surface area contributed by atoms with Gasteiger partial charge in [0.15, 0.2) is 0 Å². The quantitative estimate of drug-likeness (QED) is 0.865. The Kier molecular flexibility index (Phi) is 2.66. The second-order valence-corrected chi connectivity index (χ2v) is 5.22. The topological polar surface area (TPSA) is 62.0 Å². The lowest BCUT2D eigenvalue weighted by Crippen LogP contribution is -2.44. The lowest BCUT2D eigenvalue weighted by atomic mass is 9.91.